The van der Waals surface area contributed by atoms with Gasteiger partial charge in [0.1, 0.15) is 11.5 Å². The zero-order valence-corrected chi connectivity index (χ0v) is 15.7. The molecule has 0 aliphatic heterocycles. The lowest BCUT2D eigenvalue weighted by Gasteiger charge is -2.21. The largest absolute Gasteiger partial charge is 0.508 e. The molecule has 0 aromatic heterocycles. The molecule has 0 unspecified atom stereocenters. The lowest BCUT2D eigenvalue weighted by molar-refractivity contribution is 0.317. The van der Waals surface area contributed by atoms with Crippen molar-refractivity contribution >= 4 is 0 Å². The highest BCUT2D eigenvalue weighted by Gasteiger charge is 2.20. The molecular formula is C23H24O4. The number of aromatic hydroxyl groups is 3. The van der Waals surface area contributed by atoms with Gasteiger partial charge >= 0.3 is 0 Å². The Balaban J connectivity index is 2.19. The first-order valence-electron chi connectivity index (χ1n) is 8.95. The molecule has 0 atom stereocenters. The maximum atomic E-state index is 10.1. The van der Waals surface area contributed by atoms with Gasteiger partial charge < -0.3 is 20.1 Å². The predicted octanol–water partition coefficient (Wildman–Crippen LogP) is 5.00. The summed E-state index contributed by atoms with van der Waals surface area (Å²) in [5, 5.41) is 29.9. The third kappa shape index (κ3) is 3.85. The summed E-state index contributed by atoms with van der Waals surface area (Å²) in [7, 11) is 0. The highest BCUT2D eigenvalue weighted by atomic mass is 16.5. The number of phenols is 3. The van der Waals surface area contributed by atoms with E-state index in [2.05, 4.69) is 0 Å². The van der Waals surface area contributed by atoms with Crippen LogP contribution in [0.15, 0.2) is 54.6 Å². The average molecular weight is 364 g/mol. The molecule has 0 amide bonds. The molecule has 3 aromatic carbocycles. The Morgan fingerprint density at radius 2 is 1.15 bits per heavy atom. The van der Waals surface area contributed by atoms with Crippen LogP contribution in [0.25, 0.3) is 0 Å². The highest BCUT2D eigenvalue weighted by Crippen LogP contribution is 2.38. The van der Waals surface area contributed by atoms with E-state index >= 15 is 0 Å². The second-order valence-corrected chi connectivity index (χ2v) is 6.69. The van der Waals surface area contributed by atoms with Crippen molar-refractivity contribution in [1.29, 1.82) is 0 Å². The van der Waals surface area contributed by atoms with Gasteiger partial charge in [0.15, 0.2) is 11.5 Å². The molecule has 140 valence electrons. The molecule has 0 radical (unpaired) electrons. The van der Waals surface area contributed by atoms with Crippen LogP contribution in [0.5, 0.6) is 23.0 Å². The van der Waals surface area contributed by atoms with E-state index in [9.17, 15) is 15.3 Å². The SMILES string of the molecule is CCOc1cc(C(c2ccc(O)c(C)c2)c2ccc(O)c(C)c2)ccc1O. The summed E-state index contributed by atoms with van der Waals surface area (Å²) in [5.41, 5.74) is 4.53. The van der Waals surface area contributed by atoms with Crippen molar-refractivity contribution in [3.63, 3.8) is 0 Å². The number of hydrogen-bond donors (Lipinski definition) is 3. The molecular weight excluding hydrogens is 340 g/mol. The molecule has 3 aromatic rings. The first-order valence-corrected chi connectivity index (χ1v) is 8.95. The highest BCUT2D eigenvalue weighted by molar-refractivity contribution is 5.52. The van der Waals surface area contributed by atoms with Gasteiger partial charge in [-0.05, 0) is 72.9 Å². The predicted molar refractivity (Wildman–Crippen MR) is 106 cm³/mol. The van der Waals surface area contributed by atoms with Gasteiger partial charge in [0, 0.05) is 5.92 Å². The number of benzene rings is 3. The number of ether oxygens (including phenoxy) is 1. The molecule has 3 rings (SSSR count). The number of phenolic OH excluding ortho intramolecular Hbond substituents is 3. The number of aryl methyl sites for hydroxylation is 2. The van der Waals surface area contributed by atoms with Crippen molar-refractivity contribution in [3.8, 4) is 23.0 Å². The second kappa shape index (κ2) is 7.62. The lowest BCUT2D eigenvalue weighted by Crippen LogP contribution is -2.05. The second-order valence-electron chi connectivity index (χ2n) is 6.69. The smallest absolute Gasteiger partial charge is 0.161 e. The van der Waals surface area contributed by atoms with Gasteiger partial charge in [0.05, 0.1) is 6.61 Å². The van der Waals surface area contributed by atoms with Crippen molar-refractivity contribution < 1.29 is 20.1 Å². The number of rotatable bonds is 5. The molecule has 0 heterocycles. The first-order chi connectivity index (χ1) is 12.9. The Kier molecular flexibility index (Phi) is 5.26. The van der Waals surface area contributed by atoms with Gasteiger partial charge in [-0.2, -0.15) is 0 Å². The molecule has 0 aliphatic rings. The van der Waals surface area contributed by atoms with E-state index in [4.69, 9.17) is 4.74 Å². The maximum Gasteiger partial charge on any atom is 0.161 e. The van der Waals surface area contributed by atoms with Crippen LogP contribution in [0.2, 0.25) is 0 Å². The van der Waals surface area contributed by atoms with Gasteiger partial charge in [0.2, 0.25) is 0 Å². The summed E-state index contributed by atoms with van der Waals surface area (Å²) in [6.45, 7) is 6.05. The van der Waals surface area contributed by atoms with E-state index in [0.717, 1.165) is 27.8 Å². The van der Waals surface area contributed by atoms with E-state index < -0.39 is 0 Å². The topological polar surface area (TPSA) is 69.9 Å². The Morgan fingerprint density at radius 1 is 0.704 bits per heavy atom. The van der Waals surface area contributed by atoms with Crippen molar-refractivity contribution in [2.75, 3.05) is 6.61 Å². The van der Waals surface area contributed by atoms with Gasteiger partial charge in [-0.1, -0.05) is 30.3 Å². The van der Waals surface area contributed by atoms with Crippen molar-refractivity contribution in [2.45, 2.75) is 26.7 Å². The Hall–Kier alpha value is -3.14. The minimum absolute atomic E-state index is 0.100. The summed E-state index contributed by atoms with van der Waals surface area (Å²) in [5.74, 6) is 0.901. The van der Waals surface area contributed by atoms with Crippen LogP contribution in [0.1, 0.15) is 40.7 Å². The fourth-order valence-corrected chi connectivity index (χ4v) is 3.28. The van der Waals surface area contributed by atoms with Gasteiger partial charge in [-0.3, -0.25) is 0 Å². The Bertz CT molecular complexity index is 911. The minimum Gasteiger partial charge on any atom is -0.508 e. The summed E-state index contributed by atoms with van der Waals surface area (Å²) in [6, 6.07) is 16.4. The van der Waals surface area contributed by atoms with E-state index in [-0.39, 0.29) is 23.2 Å². The zero-order chi connectivity index (χ0) is 19.6. The van der Waals surface area contributed by atoms with Crippen LogP contribution in [0.3, 0.4) is 0 Å². The minimum atomic E-state index is -0.136. The van der Waals surface area contributed by atoms with E-state index in [1.165, 1.54) is 0 Å². The first kappa shape index (κ1) is 18.6. The maximum absolute atomic E-state index is 10.1. The van der Waals surface area contributed by atoms with Crippen LogP contribution >= 0.6 is 0 Å². The van der Waals surface area contributed by atoms with Crippen LogP contribution in [-0.2, 0) is 0 Å². The summed E-state index contributed by atoms with van der Waals surface area (Å²) >= 11 is 0. The third-order valence-electron chi connectivity index (χ3n) is 4.73. The summed E-state index contributed by atoms with van der Waals surface area (Å²) in [6.07, 6.45) is 0. The van der Waals surface area contributed by atoms with Crippen LogP contribution in [0, 0.1) is 13.8 Å². The molecule has 0 saturated carbocycles. The number of hydrogen-bond acceptors (Lipinski definition) is 4. The van der Waals surface area contributed by atoms with Crippen molar-refractivity contribution in [2.24, 2.45) is 0 Å². The molecule has 0 aliphatic carbocycles. The average Bonchev–Trinajstić information content (AvgIpc) is 2.64. The normalized spacial score (nSPS) is 11.0. The Morgan fingerprint density at radius 3 is 1.59 bits per heavy atom. The fraction of sp³-hybridized carbons (Fsp3) is 0.217. The summed E-state index contributed by atoms with van der Waals surface area (Å²) < 4.78 is 5.55. The molecule has 27 heavy (non-hydrogen) atoms. The molecule has 0 bridgehead atoms. The lowest BCUT2D eigenvalue weighted by atomic mass is 9.83. The standard InChI is InChI=1S/C23H24O4/c1-4-27-22-13-18(7-10-21(22)26)23(16-5-8-19(24)14(2)11-16)17-6-9-20(25)15(3)12-17/h5-13,23-26H,4H2,1-3H3. The van der Waals surface area contributed by atoms with Crippen LogP contribution in [0.4, 0.5) is 0 Å². The van der Waals surface area contributed by atoms with E-state index in [1.54, 1.807) is 18.2 Å². The van der Waals surface area contributed by atoms with Gasteiger partial charge in [-0.15, -0.1) is 0 Å². The zero-order valence-electron chi connectivity index (χ0n) is 15.7. The third-order valence-corrected chi connectivity index (χ3v) is 4.73. The van der Waals surface area contributed by atoms with E-state index in [0.29, 0.717) is 12.4 Å². The van der Waals surface area contributed by atoms with Gasteiger partial charge in [0.25, 0.3) is 0 Å². The molecule has 4 heteroatoms. The molecule has 0 spiro atoms. The quantitative estimate of drug-likeness (QED) is 0.557. The molecule has 0 fully saturated rings. The molecule has 4 nitrogen and oxygen atoms in total. The monoisotopic (exact) mass is 364 g/mol. The van der Waals surface area contributed by atoms with Crippen LogP contribution in [-0.4, -0.2) is 21.9 Å². The molecule has 3 N–H and O–H groups in total. The van der Waals surface area contributed by atoms with Gasteiger partial charge in [-0.25, -0.2) is 0 Å². The van der Waals surface area contributed by atoms with Crippen molar-refractivity contribution in [1.82, 2.24) is 0 Å². The molecule has 0 saturated heterocycles. The van der Waals surface area contributed by atoms with Crippen molar-refractivity contribution in [3.05, 3.63) is 82.4 Å². The van der Waals surface area contributed by atoms with E-state index in [1.807, 2.05) is 57.2 Å². The summed E-state index contributed by atoms with van der Waals surface area (Å²) in [4.78, 5) is 0. The fourth-order valence-electron chi connectivity index (χ4n) is 3.28. The van der Waals surface area contributed by atoms with Crippen LogP contribution < -0.4 is 4.74 Å². The Labute approximate surface area is 159 Å².